The minimum atomic E-state index is -1.65. The number of carbonyl (C=O) groups is 3. The molecule has 0 saturated heterocycles. The number of rotatable bonds is 11. The van der Waals surface area contributed by atoms with Crippen LogP contribution in [0.15, 0.2) is 12.7 Å². The van der Waals surface area contributed by atoms with E-state index in [0.29, 0.717) is 12.8 Å². The Balaban J connectivity index is 5.45. The molecule has 0 aromatic carbocycles. The molecule has 0 aliphatic heterocycles. The molecule has 0 atom stereocenters. The maximum atomic E-state index is 12.4. The van der Waals surface area contributed by atoms with Crippen molar-refractivity contribution >= 4 is 17.9 Å². The van der Waals surface area contributed by atoms with Crippen molar-refractivity contribution in [1.82, 2.24) is 0 Å². The van der Waals surface area contributed by atoms with Gasteiger partial charge in [0, 0.05) is 0 Å². The van der Waals surface area contributed by atoms with Crippen LogP contribution in [0, 0.1) is 5.41 Å². The molecule has 0 amide bonds. The standard InChI is InChI=1S/C16H26O6/c1-5-9-10-11-16(14(18)21-7-3,15(19)22-8-4)12-13(17)20-6-2/h5H,1,6-12H2,2-4H3. The highest BCUT2D eigenvalue weighted by molar-refractivity contribution is 6.03. The number of allylic oxidation sites excluding steroid dienone is 1. The van der Waals surface area contributed by atoms with E-state index >= 15 is 0 Å². The fraction of sp³-hybridized carbons (Fsp3) is 0.688. The van der Waals surface area contributed by atoms with E-state index in [4.69, 9.17) is 14.2 Å². The van der Waals surface area contributed by atoms with Crippen LogP contribution in [0.2, 0.25) is 0 Å². The van der Waals surface area contributed by atoms with Crippen LogP contribution < -0.4 is 0 Å². The first kappa shape index (κ1) is 20.1. The molecular weight excluding hydrogens is 288 g/mol. The Kier molecular flexibility index (Phi) is 9.91. The van der Waals surface area contributed by atoms with E-state index in [1.54, 1.807) is 26.8 Å². The molecule has 0 heterocycles. The quantitative estimate of drug-likeness (QED) is 0.192. The van der Waals surface area contributed by atoms with Crippen molar-refractivity contribution in [3.05, 3.63) is 12.7 Å². The summed E-state index contributed by atoms with van der Waals surface area (Å²) in [5.74, 6) is -2.11. The van der Waals surface area contributed by atoms with E-state index in [1.165, 1.54) is 0 Å². The molecule has 126 valence electrons. The smallest absolute Gasteiger partial charge is 0.324 e. The summed E-state index contributed by atoms with van der Waals surface area (Å²) in [6, 6.07) is 0. The maximum Gasteiger partial charge on any atom is 0.324 e. The van der Waals surface area contributed by atoms with E-state index < -0.39 is 23.3 Å². The summed E-state index contributed by atoms with van der Waals surface area (Å²) in [5, 5.41) is 0. The highest BCUT2D eigenvalue weighted by atomic mass is 16.6. The van der Waals surface area contributed by atoms with Crippen molar-refractivity contribution in [3.8, 4) is 0 Å². The normalized spacial score (nSPS) is 10.7. The van der Waals surface area contributed by atoms with Crippen molar-refractivity contribution in [1.29, 1.82) is 0 Å². The summed E-state index contributed by atoms with van der Waals surface area (Å²) in [6.07, 6.45) is 2.58. The summed E-state index contributed by atoms with van der Waals surface area (Å²) in [6.45, 7) is 8.95. The maximum absolute atomic E-state index is 12.4. The van der Waals surface area contributed by atoms with Crippen molar-refractivity contribution < 1.29 is 28.6 Å². The van der Waals surface area contributed by atoms with E-state index in [-0.39, 0.29) is 32.7 Å². The first-order valence-electron chi connectivity index (χ1n) is 7.59. The summed E-state index contributed by atoms with van der Waals surface area (Å²) in [5.41, 5.74) is -1.65. The molecule has 6 nitrogen and oxygen atoms in total. The second-order valence-corrected chi connectivity index (χ2v) is 4.69. The van der Waals surface area contributed by atoms with Crippen LogP contribution in [0.3, 0.4) is 0 Å². The summed E-state index contributed by atoms with van der Waals surface area (Å²) >= 11 is 0. The lowest BCUT2D eigenvalue weighted by molar-refractivity contribution is -0.177. The molecule has 0 aromatic rings. The van der Waals surface area contributed by atoms with Gasteiger partial charge >= 0.3 is 17.9 Å². The Labute approximate surface area is 131 Å². The predicted molar refractivity (Wildman–Crippen MR) is 81.0 cm³/mol. The fourth-order valence-corrected chi connectivity index (χ4v) is 2.07. The average molecular weight is 314 g/mol. The number of ether oxygens (including phenoxy) is 3. The number of hydrogen-bond acceptors (Lipinski definition) is 6. The third-order valence-electron chi connectivity index (χ3n) is 3.10. The molecule has 0 aromatic heterocycles. The first-order valence-corrected chi connectivity index (χ1v) is 7.59. The number of esters is 3. The van der Waals surface area contributed by atoms with Gasteiger partial charge in [-0.1, -0.05) is 6.08 Å². The second-order valence-electron chi connectivity index (χ2n) is 4.69. The van der Waals surface area contributed by atoms with Crippen LogP contribution in [0.25, 0.3) is 0 Å². The van der Waals surface area contributed by atoms with Crippen molar-refractivity contribution in [3.63, 3.8) is 0 Å². The monoisotopic (exact) mass is 314 g/mol. The number of hydrogen-bond donors (Lipinski definition) is 0. The minimum absolute atomic E-state index is 0.115. The lowest BCUT2D eigenvalue weighted by Gasteiger charge is -2.28. The fourth-order valence-electron chi connectivity index (χ4n) is 2.07. The summed E-state index contributed by atoms with van der Waals surface area (Å²) in [4.78, 5) is 36.6. The van der Waals surface area contributed by atoms with Gasteiger partial charge in [-0.05, 0) is 40.0 Å². The summed E-state index contributed by atoms with van der Waals surface area (Å²) < 4.78 is 14.9. The zero-order chi connectivity index (χ0) is 17.0. The molecule has 0 unspecified atom stereocenters. The Morgan fingerprint density at radius 3 is 1.86 bits per heavy atom. The number of unbranched alkanes of at least 4 members (excludes halogenated alkanes) is 1. The molecule has 0 spiro atoms. The Morgan fingerprint density at radius 2 is 1.45 bits per heavy atom. The lowest BCUT2D eigenvalue weighted by atomic mass is 9.79. The van der Waals surface area contributed by atoms with Crippen LogP contribution in [0.1, 0.15) is 46.5 Å². The molecule has 0 aliphatic rings. The van der Waals surface area contributed by atoms with Crippen LogP contribution in [0.4, 0.5) is 0 Å². The molecule has 0 fully saturated rings. The SMILES string of the molecule is C=CCCCC(CC(=O)OCC)(C(=O)OCC)C(=O)OCC. The van der Waals surface area contributed by atoms with Crippen molar-refractivity contribution in [2.45, 2.75) is 46.5 Å². The zero-order valence-corrected chi connectivity index (χ0v) is 13.7. The van der Waals surface area contributed by atoms with Gasteiger partial charge in [0.15, 0.2) is 5.41 Å². The zero-order valence-electron chi connectivity index (χ0n) is 13.7. The molecule has 0 N–H and O–H groups in total. The molecular formula is C16H26O6. The van der Waals surface area contributed by atoms with E-state index in [0.717, 1.165) is 0 Å². The molecule has 0 rings (SSSR count). The topological polar surface area (TPSA) is 78.9 Å². The molecule has 22 heavy (non-hydrogen) atoms. The second kappa shape index (κ2) is 10.8. The third-order valence-corrected chi connectivity index (χ3v) is 3.10. The van der Waals surface area contributed by atoms with Gasteiger partial charge in [0.2, 0.25) is 0 Å². The summed E-state index contributed by atoms with van der Waals surface area (Å²) in [7, 11) is 0. The lowest BCUT2D eigenvalue weighted by Crippen LogP contribution is -2.44. The predicted octanol–water partition coefficient (Wildman–Crippen LogP) is 2.41. The molecule has 0 bridgehead atoms. The highest BCUT2D eigenvalue weighted by Gasteiger charge is 2.50. The van der Waals surface area contributed by atoms with Crippen LogP contribution in [0.5, 0.6) is 0 Å². The third kappa shape index (κ3) is 5.87. The number of carbonyl (C=O) groups excluding carboxylic acids is 3. The van der Waals surface area contributed by atoms with Gasteiger partial charge < -0.3 is 14.2 Å². The van der Waals surface area contributed by atoms with Gasteiger partial charge in [0.05, 0.1) is 26.2 Å². The molecule has 6 heteroatoms. The van der Waals surface area contributed by atoms with E-state index in [9.17, 15) is 14.4 Å². The highest BCUT2D eigenvalue weighted by Crippen LogP contribution is 2.33. The Hall–Kier alpha value is -1.85. The van der Waals surface area contributed by atoms with Gasteiger partial charge in [0.25, 0.3) is 0 Å². The largest absolute Gasteiger partial charge is 0.466 e. The van der Waals surface area contributed by atoms with Crippen molar-refractivity contribution in [2.75, 3.05) is 19.8 Å². The van der Waals surface area contributed by atoms with Crippen LogP contribution in [-0.2, 0) is 28.6 Å². The van der Waals surface area contributed by atoms with Crippen molar-refractivity contribution in [2.24, 2.45) is 5.41 Å². The average Bonchev–Trinajstić information content (AvgIpc) is 2.47. The van der Waals surface area contributed by atoms with Crippen LogP contribution >= 0.6 is 0 Å². The minimum Gasteiger partial charge on any atom is -0.466 e. The Morgan fingerprint density at radius 1 is 0.955 bits per heavy atom. The van der Waals surface area contributed by atoms with E-state index in [1.807, 2.05) is 0 Å². The molecule has 0 saturated carbocycles. The van der Waals surface area contributed by atoms with Gasteiger partial charge in [-0.15, -0.1) is 6.58 Å². The van der Waals surface area contributed by atoms with Gasteiger partial charge in [-0.25, -0.2) is 0 Å². The van der Waals surface area contributed by atoms with Gasteiger partial charge in [-0.3, -0.25) is 14.4 Å². The van der Waals surface area contributed by atoms with E-state index in [2.05, 4.69) is 6.58 Å². The molecule has 0 radical (unpaired) electrons. The Bertz CT molecular complexity index is 370. The van der Waals surface area contributed by atoms with Gasteiger partial charge in [-0.2, -0.15) is 0 Å². The van der Waals surface area contributed by atoms with Crippen LogP contribution in [-0.4, -0.2) is 37.7 Å². The van der Waals surface area contributed by atoms with Gasteiger partial charge in [0.1, 0.15) is 0 Å². The first-order chi connectivity index (χ1) is 10.5. The molecule has 0 aliphatic carbocycles.